The molecule has 1 atom stereocenters. The summed E-state index contributed by atoms with van der Waals surface area (Å²) in [6, 6.07) is 15.0. The predicted molar refractivity (Wildman–Crippen MR) is 123 cm³/mol. The molecule has 4 rings (SSSR count). The number of hydrogen-bond acceptors (Lipinski definition) is 4. The lowest BCUT2D eigenvalue weighted by atomic mass is 9.82. The Bertz CT molecular complexity index is 1040. The van der Waals surface area contributed by atoms with Gasteiger partial charge in [0.1, 0.15) is 0 Å². The SMILES string of the molecule is Cc1cccc(C2C(C(=O)C(C)(C)C)=C(O)C(=O)N2c2ccc(N3CCCC3)cc2)c1. The van der Waals surface area contributed by atoms with E-state index in [1.54, 1.807) is 25.7 Å². The van der Waals surface area contributed by atoms with E-state index in [4.69, 9.17) is 0 Å². The molecule has 0 aromatic heterocycles. The lowest BCUT2D eigenvalue weighted by Crippen LogP contribution is -2.33. The number of ketones is 1. The molecule has 2 aliphatic heterocycles. The summed E-state index contributed by atoms with van der Waals surface area (Å²) in [7, 11) is 0. The first kappa shape index (κ1) is 21.2. The van der Waals surface area contributed by atoms with Gasteiger partial charge in [-0.1, -0.05) is 50.6 Å². The Labute approximate surface area is 184 Å². The van der Waals surface area contributed by atoms with E-state index in [0.717, 1.165) is 29.9 Å². The number of aliphatic hydroxyl groups excluding tert-OH is 1. The Morgan fingerprint density at radius 2 is 1.61 bits per heavy atom. The first-order valence-corrected chi connectivity index (χ1v) is 10.9. The summed E-state index contributed by atoms with van der Waals surface area (Å²) >= 11 is 0. The van der Waals surface area contributed by atoms with Crippen LogP contribution in [0.15, 0.2) is 59.9 Å². The average molecular weight is 419 g/mol. The molecule has 0 saturated carbocycles. The van der Waals surface area contributed by atoms with Crippen LogP contribution >= 0.6 is 0 Å². The van der Waals surface area contributed by atoms with Crippen molar-refractivity contribution in [3.05, 3.63) is 71.0 Å². The molecule has 1 unspecified atom stereocenters. The molecule has 2 aromatic rings. The van der Waals surface area contributed by atoms with Crippen LogP contribution in [0.2, 0.25) is 0 Å². The molecule has 1 N–H and O–H groups in total. The number of nitrogens with zero attached hydrogens (tertiary/aromatic N) is 2. The second-order valence-corrected chi connectivity index (χ2v) is 9.54. The molecule has 0 radical (unpaired) electrons. The van der Waals surface area contributed by atoms with Crippen LogP contribution in [-0.4, -0.2) is 29.9 Å². The third-order valence-corrected chi connectivity index (χ3v) is 6.09. The van der Waals surface area contributed by atoms with Crippen molar-refractivity contribution in [1.29, 1.82) is 0 Å². The van der Waals surface area contributed by atoms with E-state index in [9.17, 15) is 14.7 Å². The molecule has 2 aromatic carbocycles. The van der Waals surface area contributed by atoms with E-state index in [0.29, 0.717) is 5.69 Å². The molecule has 1 fully saturated rings. The Morgan fingerprint density at radius 1 is 1.00 bits per heavy atom. The summed E-state index contributed by atoms with van der Waals surface area (Å²) < 4.78 is 0. The number of amides is 1. The van der Waals surface area contributed by atoms with Crippen LogP contribution < -0.4 is 9.80 Å². The Morgan fingerprint density at radius 3 is 2.19 bits per heavy atom. The minimum Gasteiger partial charge on any atom is -0.503 e. The highest BCUT2D eigenvalue weighted by Gasteiger charge is 2.46. The minimum atomic E-state index is -0.721. The van der Waals surface area contributed by atoms with Gasteiger partial charge in [-0.2, -0.15) is 0 Å². The number of carbonyl (C=O) groups excluding carboxylic acids is 2. The third kappa shape index (κ3) is 3.85. The summed E-state index contributed by atoms with van der Waals surface area (Å²) in [6.07, 6.45) is 2.38. The molecule has 31 heavy (non-hydrogen) atoms. The third-order valence-electron chi connectivity index (χ3n) is 6.09. The first-order chi connectivity index (χ1) is 14.7. The summed E-state index contributed by atoms with van der Waals surface area (Å²) in [5, 5.41) is 10.8. The summed E-state index contributed by atoms with van der Waals surface area (Å²) in [5.41, 5.74) is 3.09. The Hall–Kier alpha value is -3.08. The standard InChI is InChI=1S/C26H30N2O3/c1-17-8-7-9-18(16-17)22-21(24(30)26(2,3)4)23(29)25(31)28(22)20-12-10-19(11-13-20)27-14-5-6-15-27/h7-13,16,22,29H,5-6,14-15H2,1-4H3. The molecule has 1 amide bonds. The lowest BCUT2D eigenvalue weighted by molar-refractivity contribution is -0.123. The van der Waals surface area contributed by atoms with Crippen molar-refractivity contribution in [3.8, 4) is 0 Å². The molecular formula is C26H30N2O3. The molecule has 5 heteroatoms. The molecule has 2 heterocycles. The van der Waals surface area contributed by atoms with E-state index in [1.165, 1.54) is 12.8 Å². The van der Waals surface area contributed by atoms with Crippen LogP contribution in [0, 0.1) is 12.3 Å². The van der Waals surface area contributed by atoms with Crippen LogP contribution in [0.25, 0.3) is 0 Å². The van der Waals surface area contributed by atoms with E-state index < -0.39 is 23.1 Å². The molecule has 2 aliphatic rings. The number of rotatable bonds is 4. The number of Topliss-reactive ketones (excluding diaryl/α,β-unsaturated/α-hetero) is 1. The summed E-state index contributed by atoms with van der Waals surface area (Å²) in [4.78, 5) is 30.4. The number of aryl methyl sites for hydroxylation is 1. The van der Waals surface area contributed by atoms with Crippen LogP contribution in [-0.2, 0) is 9.59 Å². The van der Waals surface area contributed by atoms with Gasteiger partial charge in [-0.05, 0) is 49.6 Å². The number of hydrogen-bond donors (Lipinski definition) is 1. The highest BCUT2D eigenvalue weighted by Crippen LogP contribution is 2.43. The van der Waals surface area contributed by atoms with Gasteiger partial charge in [0.05, 0.1) is 11.6 Å². The molecule has 162 valence electrons. The van der Waals surface area contributed by atoms with E-state index >= 15 is 0 Å². The van der Waals surface area contributed by atoms with Gasteiger partial charge in [-0.15, -0.1) is 0 Å². The maximum atomic E-state index is 13.3. The second-order valence-electron chi connectivity index (χ2n) is 9.54. The van der Waals surface area contributed by atoms with Crippen molar-refractivity contribution in [1.82, 2.24) is 0 Å². The molecule has 0 aliphatic carbocycles. The van der Waals surface area contributed by atoms with Crippen LogP contribution in [0.3, 0.4) is 0 Å². The fraction of sp³-hybridized carbons (Fsp3) is 0.385. The molecule has 1 saturated heterocycles. The van der Waals surface area contributed by atoms with Gasteiger partial charge in [0.2, 0.25) is 0 Å². The number of aliphatic hydroxyl groups is 1. The van der Waals surface area contributed by atoms with Gasteiger partial charge in [0.15, 0.2) is 11.5 Å². The molecular weight excluding hydrogens is 388 g/mol. The molecule has 5 nitrogen and oxygen atoms in total. The highest BCUT2D eigenvalue weighted by atomic mass is 16.3. The second kappa shape index (κ2) is 7.88. The first-order valence-electron chi connectivity index (χ1n) is 10.9. The lowest BCUT2D eigenvalue weighted by Gasteiger charge is -2.29. The van der Waals surface area contributed by atoms with Gasteiger partial charge in [-0.3, -0.25) is 14.5 Å². The zero-order chi connectivity index (χ0) is 22.3. The average Bonchev–Trinajstić information content (AvgIpc) is 3.35. The summed E-state index contributed by atoms with van der Waals surface area (Å²) in [6.45, 7) is 9.48. The van der Waals surface area contributed by atoms with Gasteiger partial charge in [-0.25, -0.2) is 0 Å². The monoisotopic (exact) mass is 418 g/mol. The topological polar surface area (TPSA) is 60.9 Å². The van der Waals surface area contributed by atoms with Gasteiger partial charge >= 0.3 is 0 Å². The normalized spacial score (nSPS) is 19.5. The van der Waals surface area contributed by atoms with Crippen molar-refractivity contribution in [2.24, 2.45) is 5.41 Å². The Balaban J connectivity index is 1.79. The fourth-order valence-electron chi connectivity index (χ4n) is 4.46. The van der Waals surface area contributed by atoms with Crippen LogP contribution in [0.4, 0.5) is 11.4 Å². The van der Waals surface area contributed by atoms with Gasteiger partial charge in [0.25, 0.3) is 5.91 Å². The summed E-state index contributed by atoms with van der Waals surface area (Å²) in [5.74, 6) is -1.20. The number of benzene rings is 2. The maximum Gasteiger partial charge on any atom is 0.294 e. The minimum absolute atomic E-state index is 0.173. The quantitative estimate of drug-likeness (QED) is 0.749. The van der Waals surface area contributed by atoms with Crippen LogP contribution in [0.5, 0.6) is 0 Å². The van der Waals surface area contributed by atoms with Gasteiger partial charge < -0.3 is 10.0 Å². The van der Waals surface area contributed by atoms with Crippen molar-refractivity contribution in [2.75, 3.05) is 22.9 Å². The molecule has 0 spiro atoms. The van der Waals surface area contributed by atoms with Crippen molar-refractivity contribution in [2.45, 2.75) is 46.6 Å². The van der Waals surface area contributed by atoms with E-state index in [1.807, 2.05) is 55.5 Å². The largest absolute Gasteiger partial charge is 0.503 e. The zero-order valence-electron chi connectivity index (χ0n) is 18.7. The maximum absolute atomic E-state index is 13.3. The highest BCUT2D eigenvalue weighted by molar-refractivity contribution is 6.17. The number of carbonyl (C=O) groups is 2. The molecule has 0 bridgehead atoms. The van der Waals surface area contributed by atoms with E-state index in [2.05, 4.69) is 4.90 Å². The zero-order valence-corrected chi connectivity index (χ0v) is 18.7. The van der Waals surface area contributed by atoms with Crippen LogP contribution in [0.1, 0.15) is 50.8 Å². The predicted octanol–water partition coefficient (Wildman–Crippen LogP) is 5.11. The number of anilines is 2. The van der Waals surface area contributed by atoms with Crippen molar-refractivity contribution < 1.29 is 14.7 Å². The Kier molecular flexibility index (Phi) is 5.38. The van der Waals surface area contributed by atoms with Crippen molar-refractivity contribution >= 4 is 23.1 Å². The van der Waals surface area contributed by atoms with Gasteiger partial charge in [0, 0.05) is 29.9 Å². The fourth-order valence-corrected chi connectivity index (χ4v) is 4.46. The smallest absolute Gasteiger partial charge is 0.294 e. The van der Waals surface area contributed by atoms with Crippen molar-refractivity contribution in [3.63, 3.8) is 0 Å². The van der Waals surface area contributed by atoms with E-state index in [-0.39, 0.29) is 11.4 Å².